The smallest absolute Gasteiger partial charge is 0.309 e. The Labute approximate surface area is 182 Å². The van der Waals surface area contributed by atoms with Crippen molar-refractivity contribution in [3.8, 4) is 5.69 Å². The largest absolute Gasteiger partial charge is 0.331 e. The van der Waals surface area contributed by atoms with E-state index in [-0.39, 0.29) is 18.6 Å². The van der Waals surface area contributed by atoms with Crippen LogP contribution in [0.25, 0.3) is 16.6 Å². The summed E-state index contributed by atoms with van der Waals surface area (Å²) in [5, 5.41) is 8.16. The fraction of sp³-hybridized carbons (Fsp3) is 0.182. The minimum absolute atomic E-state index is 0.213. The second-order valence-corrected chi connectivity index (χ2v) is 7.48. The Morgan fingerprint density at radius 2 is 1.84 bits per heavy atom. The maximum atomic E-state index is 12.9. The molecule has 31 heavy (non-hydrogen) atoms. The number of halogens is 1. The number of aromatic nitrogens is 4. The first-order valence-corrected chi connectivity index (χ1v) is 10.1. The summed E-state index contributed by atoms with van der Waals surface area (Å²) in [6.45, 7) is 3.49. The molecule has 2 heterocycles. The lowest BCUT2D eigenvalue weighted by Gasteiger charge is -2.14. The Bertz CT molecular complexity index is 1420. The summed E-state index contributed by atoms with van der Waals surface area (Å²) in [5.41, 5.74) is 0.919. The second kappa shape index (κ2) is 8.23. The van der Waals surface area contributed by atoms with Crippen LogP contribution < -0.4 is 16.6 Å². The average Bonchev–Trinajstić information content (AvgIpc) is 3.11. The normalized spacial score (nSPS) is 11.1. The third kappa shape index (κ3) is 3.89. The van der Waals surface area contributed by atoms with Gasteiger partial charge in [-0.15, -0.1) is 0 Å². The van der Waals surface area contributed by atoms with Gasteiger partial charge in [0.1, 0.15) is 12.4 Å². The number of hydrogen-bond donors (Lipinski definition) is 1. The van der Waals surface area contributed by atoms with Crippen molar-refractivity contribution >= 4 is 34.2 Å². The molecule has 1 N–H and O–H groups in total. The van der Waals surface area contributed by atoms with E-state index in [2.05, 4.69) is 10.4 Å². The van der Waals surface area contributed by atoms with Crippen LogP contribution in [0.5, 0.6) is 0 Å². The van der Waals surface area contributed by atoms with Crippen LogP contribution in [0.3, 0.4) is 0 Å². The highest BCUT2D eigenvalue weighted by atomic mass is 35.5. The summed E-state index contributed by atoms with van der Waals surface area (Å²) in [7, 11) is 0. The SMILES string of the molecule is CCn1c(=O)c2ccccc2n(CC(=O)Nc2cc(C)nn2-c2cccc(Cl)c2)c1=O. The molecular formula is C22H20ClN5O3. The number of rotatable bonds is 5. The summed E-state index contributed by atoms with van der Waals surface area (Å²) in [6.07, 6.45) is 0. The number of para-hydroxylation sites is 1. The summed E-state index contributed by atoms with van der Waals surface area (Å²) >= 11 is 6.09. The van der Waals surface area contributed by atoms with Gasteiger partial charge in [0.25, 0.3) is 5.56 Å². The molecule has 0 spiro atoms. The van der Waals surface area contributed by atoms with Gasteiger partial charge < -0.3 is 5.32 Å². The Kier molecular flexibility index (Phi) is 5.48. The molecule has 0 saturated heterocycles. The van der Waals surface area contributed by atoms with E-state index in [0.29, 0.717) is 33.1 Å². The molecule has 0 aliphatic carbocycles. The fourth-order valence-corrected chi connectivity index (χ4v) is 3.71. The van der Waals surface area contributed by atoms with Crippen molar-refractivity contribution in [2.24, 2.45) is 0 Å². The maximum absolute atomic E-state index is 12.9. The molecule has 0 atom stereocenters. The first-order valence-electron chi connectivity index (χ1n) is 9.74. The van der Waals surface area contributed by atoms with E-state index in [4.69, 9.17) is 11.6 Å². The van der Waals surface area contributed by atoms with Crippen LogP contribution >= 0.6 is 11.6 Å². The second-order valence-electron chi connectivity index (χ2n) is 7.05. The first kappa shape index (κ1) is 20.6. The number of nitrogens with zero attached hydrogens (tertiary/aromatic N) is 4. The Morgan fingerprint density at radius 1 is 1.06 bits per heavy atom. The van der Waals surface area contributed by atoms with Crippen molar-refractivity contribution in [2.75, 3.05) is 5.32 Å². The number of hydrogen-bond acceptors (Lipinski definition) is 4. The lowest BCUT2D eigenvalue weighted by Crippen LogP contribution is -2.41. The minimum Gasteiger partial charge on any atom is -0.309 e. The molecular weight excluding hydrogens is 418 g/mol. The van der Waals surface area contributed by atoms with E-state index >= 15 is 0 Å². The molecule has 0 radical (unpaired) electrons. The van der Waals surface area contributed by atoms with Crippen molar-refractivity contribution in [1.29, 1.82) is 0 Å². The number of carbonyl (C=O) groups is 1. The topological polar surface area (TPSA) is 90.9 Å². The van der Waals surface area contributed by atoms with Gasteiger partial charge in [0.05, 0.1) is 22.3 Å². The van der Waals surface area contributed by atoms with E-state index in [1.165, 1.54) is 4.57 Å². The zero-order valence-electron chi connectivity index (χ0n) is 17.0. The highest BCUT2D eigenvalue weighted by Crippen LogP contribution is 2.20. The third-order valence-electron chi connectivity index (χ3n) is 4.90. The van der Waals surface area contributed by atoms with E-state index in [1.807, 2.05) is 13.0 Å². The van der Waals surface area contributed by atoms with Crippen molar-refractivity contribution in [3.63, 3.8) is 0 Å². The number of fused-ring (bicyclic) bond motifs is 1. The molecule has 158 valence electrons. The molecule has 1 amide bonds. The van der Waals surface area contributed by atoms with Gasteiger partial charge in [0, 0.05) is 17.6 Å². The van der Waals surface area contributed by atoms with Crippen molar-refractivity contribution in [2.45, 2.75) is 26.9 Å². The fourth-order valence-electron chi connectivity index (χ4n) is 3.52. The van der Waals surface area contributed by atoms with Gasteiger partial charge in [-0.1, -0.05) is 29.8 Å². The quantitative estimate of drug-likeness (QED) is 0.519. The molecule has 0 aliphatic heterocycles. The van der Waals surface area contributed by atoms with Gasteiger partial charge in [0.2, 0.25) is 5.91 Å². The number of aryl methyl sites for hydroxylation is 1. The molecule has 4 aromatic rings. The number of anilines is 1. The van der Waals surface area contributed by atoms with Crippen LogP contribution in [0.2, 0.25) is 5.02 Å². The molecule has 2 aromatic carbocycles. The predicted octanol–water partition coefficient (Wildman–Crippen LogP) is 2.97. The van der Waals surface area contributed by atoms with Gasteiger partial charge in [-0.3, -0.25) is 18.7 Å². The molecule has 4 rings (SSSR count). The zero-order chi connectivity index (χ0) is 22.1. The van der Waals surface area contributed by atoms with Gasteiger partial charge >= 0.3 is 5.69 Å². The van der Waals surface area contributed by atoms with Crippen molar-refractivity contribution < 1.29 is 4.79 Å². The minimum atomic E-state index is -0.527. The molecule has 0 saturated carbocycles. The summed E-state index contributed by atoms with van der Waals surface area (Å²) < 4.78 is 4.01. The number of carbonyl (C=O) groups excluding carboxylic acids is 1. The van der Waals surface area contributed by atoms with Gasteiger partial charge in [-0.2, -0.15) is 5.10 Å². The van der Waals surface area contributed by atoms with Crippen LogP contribution in [-0.4, -0.2) is 24.8 Å². The maximum Gasteiger partial charge on any atom is 0.331 e. The Balaban J connectivity index is 1.71. The molecule has 0 unspecified atom stereocenters. The third-order valence-corrected chi connectivity index (χ3v) is 5.14. The summed E-state index contributed by atoms with van der Waals surface area (Å²) in [6, 6.07) is 15.6. The summed E-state index contributed by atoms with van der Waals surface area (Å²) in [5.74, 6) is 0.0302. The molecule has 0 fully saturated rings. The van der Waals surface area contributed by atoms with Crippen LogP contribution in [0.15, 0.2) is 64.2 Å². The monoisotopic (exact) mass is 437 g/mol. The Morgan fingerprint density at radius 3 is 2.58 bits per heavy atom. The highest BCUT2D eigenvalue weighted by molar-refractivity contribution is 6.30. The summed E-state index contributed by atoms with van der Waals surface area (Å²) in [4.78, 5) is 38.3. The molecule has 0 bridgehead atoms. The van der Waals surface area contributed by atoms with Crippen LogP contribution in [0.4, 0.5) is 5.82 Å². The lowest BCUT2D eigenvalue weighted by atomic mass is 10.2. The van der Waals surface area contributed by atoms with Gasteiger partial charge in [-0.05, 0) is 44.2 Å². The average molecular weight is 438 g/mol. The number of nitrogens with one attached hydrogen (secondary N) is 1. The van der Waals surface area contributed by atoms with Crippen LogP contribution in [0.1, 0.15) is 12.6 Å². The zero-order valence-corrected chi connectivity index (χ0v) is 17.8. The van der Waals surface area contributed by atoms with E-state index in [1.54, 1.807) is 60.1 Å². The van der Waals surface area contributed by atoms with Crippen molar-refractivity contribution in [1.82, 2.24) is 18.9 Å². The highest BCUT2D eigenvalue weighted by Gasteiger charge is 2.16. The standard InChI is InChI=1S/C22H20ClN5O3/c1-3-26-21(30)17-9-4-5-10-18(17)27(22(26)31)13-20(29)24-19-11-14(2)25-28(19)16-8-6-7-15(23)12-16/h4-12H,3,13H2,1-2H3,(H,24,29). The number of benzene rings is 2. The van der Waals surface area contributed by atoms with Crippen LogP contribution in [0, 0.1) is 6.92 Å². The predicted molar refractivity (Wildman–Crippen MR) is 120 cm³/mol. The van der Waals surface area contributed by atoms with Crippen LogP contribution in [-0.2, 0) is 17.9 Å². The molecule has 2 aromatic heterocycles. The van der Waals surface area contributed by atoms with Gasteiger partial charge in [-0.25, -0.2) is 9.48 Å². The van der Waals surface area contributed by atoms with Gasteiger partial charge in [0.15, 0.2) is 0 Å². The first-order chi connectivity index (χ1) is 14.9. The molecule has 8 nitrogen and oxygen atoms in total. The number of amides is 1. The van der Waals surface area contributed by atoms with E-state index < -0.39 is 11.6 Å². The van der Waals surface area contributed by atoms with Crippen molar-refractivity contribution in [3.05, 3.63) is 86.2 Å². The Hall–Kier alpha value is -3.65. The molecule has 9 heteroatoms. The van der Waals surface area contributed by atoms with E-state index in [0.717, 1.165) is 4.57 Å². The molecule has 0 aliphatic rings. The lowest BCUT2D eigenvalue weighted by molar-refractivity contribution is -0.116. The van der Waals surface area contributed by atoms with E-state index in [9.17, 15) is 14.4 Å².